The van der Waals surface area contributed by atoms with E-state index in [1.54, 1.807) is 0 Å². The Morgan fingerprint density at radius 1 is 0.889 bits per heavy atom. The normalized spacial score (nSPS) is 10.4. The van der Waals surface area contributed by atoms with Crippen molar-refractivity contribution in [2.24, 2.45) is 10.2 Å². The molecule has 0 amide bonds. The molecule has 0 aliphatic heterocycles. The minimum absolute atomic E-state index is 0.277. The predicted molar refractivity (Wildman–Crippen MR) is 67.9 cm³/mol. The predicted octanol–water partition coefficient (Wildman–Crippen LogP) is 3.78. The molecule has 4 nitrogen and oxygen atoms in total. The van der Waals surface area contributed by atoms with E-state index in [2.05, 4.69) is 15.0 Å². The highest BCUT2D eigenvalue weighted by molar-refractivity contribution is 5.41. The van der Waals surface area contributed by atoms with Gasteiger partial charge in [-0.15, -0.1) is 0 Å². The average molecular weight is 240 g/mol. The SMILES string of the molecule is O=COCc1ccc(/N=N/c2ccccc2)cc1. The molecule has 0 bridgehead atoms. The maximum Gasteiger partial charge on any atom is 0.293 e. The van der Waals surface area contributed by atoms with E-state index >= 15 is 0 Å². The van der Waals surface area contributed by atoms with Crippen molar-refractivity contribution in [3.63, 3.8) is 0 Å². The Morgan fingerprint density at radius 3 is 2.11 bits per heavy atom. The smallest absolute Gasteiger partial charge is 0.293 e. The van der Waals surface area contributed by atoms with E-state index in [1.165, 1.54) is 0 Å². The monoisotopic (exact) mass is 240 g/mol. The van der Waals surface area contributed by atoms with Gasteiger partial charge in [-0.25, -0.2) is 0 Å². The number of rotatable bonds is 5. The lowest BCUT2D eigenvalue weighted by atomic mass is 10.2. The molecule has 2 aromatic rings. The Morgan fingerprint density at radius 2 is 1.50 bits per heavy atom. The molecule has 0 spiro atoms. The van der Waals surface area contributed by atoms with Gasteiger partial charge in [0, 0.05) is 0 Å². The fraction of sp³-hybridized carbons (Fsp3) is 0.0714. The molecule has 0 saturated heterocycles. The van der Waals surface area contributed by atoms with Crippen LogP contribution in [0.1, 0.15) is 5.56 Å². The Hall–Kier alpha value is -2.49. The van der Waals surface area contributed by atoms with Crippen LogP contribution in [0.2, 0.25) is 0 Å². The van der Waals surface area contributed by atoms with Gasteiger partial charge in [-0.2, -0.15) is 10.2 Å². The van der Waals surface area contributed by atoms with Gasteiger partial charge in [-0.05, 0) is 29.8 Å². The van der Waals surface area contributed by atoms with Crippen LogP contribution in [-0.2, 0) is 16.1 Å². The van der Waals surface area contributed by atoms with E-state index in [0.29, 0.717) is 6.47 Å². The van der Waals surface area contributed by atoms with Crippen molar-refractivity contribution in [2.45, 2.75) is 6.61 Å². The quantitative estimate of drug-likeness (QED) is 0.590. The Labute approximate surface area is 105 Å². The fourth-order valence-corrected chi connectivity index (χ4v) is 1.40. The van der Waals surface area contributed by atoms with Crippen molar-refractivity contribution in [3.8, 4) is 0 Å². The first-order valence-electron chi connectivity index (χ1n) is 5.49. The molecule has 0 fully saturated rings. The number of ether oxygens (including phenoxy) is 1. The zero-order valence-corrected chi connectivity index (χ0v) is 9.69. The molecule has 0 aliphatic carbocycles. The second-order valence-electron chi connectivity index (χ2n) is 3.61. The van der Waals surface area contributed by atoms with Gasteiger partial charge in [0.1, 0.15) is 6.61 Å². The van der Waals surface area contributed by atoms with Crippen LogP contribution in [0, 0.1) is 0 Å². The third-order valence-electron chi connectivity index (χ3n) is 2.29. The lowest BCUT2D eigenvalue weighted by Crippen LogP contribution is -1.88. The van der Waals surface area contributed by atoms with Crippen LogP contribution in [0.25, 0.3) is 0 Å². The molecule has 0 radical (unpaired) electrons. The van der Waals surface area contributed by atoms with Crippen molar-refractivity contribution in [3.05, 3.63) is 60.2 Å². The highest BCUT2D eigenvalue weighted by Crippen LogP contribution is 2.18. The highest BCUT2D eigenvalue weighted by atomic mass is 16.5. The van der Waals surface area contributed by atoms with Gasteiger partial charge in [-0.1, -0.05) is 30.3 Å². The molecule has 0 heterocycles. The lowest BCUT2D eigenvalue weighted by molar-refractivity contribution is -0.129. The number of hydrogen-bond acceptors (Lipinski definition) is 4. The molecule has 0 unspecified atom stereocenters. The maximum absolute atomic E-state index is 10.0. The number of carbonyl (C=O) groups excluding carboxylic acids is 1. The van der Waals surface area contributed by atoms with Crippen molar-refractivity contribution in [2.75, 3.05) is 0 Å². The zero-order chi connectivity index (χ0) is 12.6. The van der Waals surface area contributed by atoms with Crippen LogP contribution in [0.4, 0.5) is 11.4 Å². The van der Waals surface area contributed by atoms with Gasteiger partial charge in [0.05, 0.1) is 11.4 Å². The largest absolute Gasteiger partial charge is 0.463 e. The van der Waals surface area contributed by atoms with Crippen LogP contribution < -0.4 is 0 Å². The van der Waals surface area contributed by atoms with E-state index in [1.807, 2.05) is 54.6 Å². The molecule has 2 rings (SSSR count). The lowest BCUT2D eigenvalue weighted by Gasteiger charge is -1.99. The molecular formula is C14H12N2O2. The molecular weight excluding hydrogens is 228 g/mol. The number of carbonyl (C=O) groups is 1. The molecule has 2 aromatic carbocycles. The van der Waals surface area contributed by atoms with Crippen molar-refractivity contribution in [1.29, 1.82) is 0 Å². The molecule has 0 saturated carbocycles. The van der Waals surface area contributed by atoms with Gasteiger partial charge >= 0.3 is 0 Å². The first kappa shape index (κ1) is 12.0. The summed E-state index contributed by atoms with van der Waals surface area (Å²) in [5.74, 6) is 0. The van der Waals surface area contributed by atoms with Crippen LogP contribution in [-0.4, -0.2) is 6.47 Å². The van der Waals surface area contributed by atoms with E-state index in [4.69, 9.17) is 0 Å². The number of azo groups is 1. The summed E-state index contributed by atoms with van der Waals surface area (Å²) in [6.07, 6.45) is 0. The van der Waals surface area contributed by atoms with Crippen LogP contribution >= 0.6 is 0 Å². The van der Waals surface area contributed by atoms with Gasteiger partial charge in [0.25, 0.3) is 6.47 Å². The summed E-state index contributed by atoms with van der Waals surface area (Å²) < 4.78 is 4.65. The number of hydrogen-bond donors (Lipinski definition) is 0. The van der Waals surface area contributed by atoms with Crippen LogP contribution in [0.5, 0.6) is 0 Å². The summed E-state index contributed by atoms with van der Waals surface area (Å²) in [7, 11) is 0. The third-order valence-corrected chi connectivity index (χ3v) is 2.29. The van der Waals surface area contributed by atoms with E-state index in [9.17, 15) is 4.79 Å². The summed E-state index contributed by atoms with van der Waals surface area (Å²) in [4.78, 5) is 10.0. The van der Waals surface area contributed by atoms with Gasteiger partial charge in [0.2, 0.25) is 0 Å². The van der Waals surface area contributed by atoms with E-state index in [-0.39, 0.29) is 6.61 Å². The standard InChI is InChI=1S/C14H12N2O2/c17-11-18-10-12-6-8-14(9-7-12)16-15-13-4-2-1-3-5-13/h1-9,11H,10H2/b16-15+. The summed E-state index contributed by atoms with van der Waals surface area (Å²) in [5, 5.41) is 8.22. The fourth-order valence-electron chi connectivity index (χ4n) is 1.40. The van der Waals surface area contributed by atoms with E-state index in [0.717, 1.165) is 16.9 Å². The van der Waals surface area contributed by atoms with E-state index < -0.39 is 0 Å². The summed E-state index contributed by atoms with van der Waals surface area (Å²) in [5.41, 5.74) is 2.49. The van der Waals surface area contributed by atoms with Crippen molar-refractivity contribution in [1.82, 2.24) is 0 Å². The third kappa shape index (κ3) is 3.52. The summed E-state index contributed by atoms with van der Waals surface area (Å²) in [6, 6.07) is 16.9. The van der Waals surface area contributed by atoms with Crippen molar-refractivity contribution >= 4 is 17.8 Å². The number of benzene rings is 2. The molecule has 0 aromatic heterocycles. The summed E-state index contributed by atoms with van der Waals surface area (Å²) in [6.45, 7) is 0.711. The average Bonchev–Trinajstić information content (AvgIpc) is 2.45. The maximum atomic E-state index is 10.0. The first-order chi connectivity index (χ1) is 8.88. The first-order valence-corrected chi connectivity index (χ1v) is 5.49. The molecule has 18 heavy (non-hydrogen) atoms. The highest BCUT2D eigenvalue weighted by Gasteiger charge is 1.94. The van der Waals surface area contributed by atoms with Crippen LogP contribution in [0.3, 0.4) is 0 Å². The summed E-state index contributed by atoms with van der Waals surface area (Å²) >= 11 is 0. The van der Waals surface area contributed by atoms with Crippen LogP contribution in [0.15, 0.2) is 64.8 Å². The number of nitrogens with zero attached hydrogens (tertiary/aromatic N) is 2. The second-order valence-corrected chi connectivity index (χ2v) is 3.61. The Kier molecular flexibility index (Phi) is 4.19. The molecule has 0 atom stereocenters. The molecule has 0 N–H and O–H groups in total. The van der Waals surface area contributed by atoms with Gasteiger partial charge in [-0.3, -0.25) is 4.79 Å². The zero-order valence-electron chi connectivity index (χ0n) is 9.69. The van der Waals surface area contributed by atoms with Crippen molar-refractivity contribution < 1.29 is 9.53 Å². The van der Waals surface area contributed by atoms with Gasteiger partial charge < -0.3 is 4.74 Å². The Balaban J connectivity index is 2.02. The molecule has 0 aliphatic rings. The minimum Gasteiger partial charge on any atom is -0.463 e. The second kappa shape index (κ2) is 6.30. The topological polar surface area (TPSA) is 51.0 Å². The minimum atomic E-state index is 0.277. The van der Waals surface area contributed by atoms with Gasteiger partial charge in [0.15, 0.2) is 0 Å². The Bertz CT molecular complexity index is 521. The molecule has 90 valence electrons. The molecule has 4 heteroatoms.